The molecular weight excluding hydrogens is 326 g/mol. The second-order valence-corrected chi connectivity index (χ2v) is 5.55. The van der Waals surface area contributed by atoms with Crippen LogP contribution in [0.1, 0.15) is 20.8 Å². The minimum absolute atomic E-state index is 0.0432. The maximum atomic E-state index is 11.8. The lowest BCUT2D eigenvalue weighted by Crippen LogP contribution is -2.35. The van der Waals surface area contributed by atoms with E-state index in [1.54, 1.807) is 20.8 Å². The molecule has 1 rings (SSSR count). The third kappa shape index (κ3) is 6.11. The first-order valence-corrected chi connectivity index (χ1v) is 7.27. The van der Waals surface area contributed by atoms with Crippen molar-refractivity contribution in [3.63, 3.8) is 0 Å². The third-order valence-corrected chi connectivity index (χ3v) is 3.05. The van der Waals surface area contributed by atoms with Gasteiger partial charge in [-0.05, 0) is 19.9 Å². The summed E-state index contributed by atoms with van der Waals surface area (Å²) in [6.07, 6.45) is -0.224. The van der Waals surface area contributed by atoms with Crippen molar-refractivity contribution >= 4 is 35.0 Å². The molecule has 0 saturated carbocycles. The number of carbonyl (C=O) groups excluding carboxylic acids is 2. The number of nitro groups is 1. The lowest BCUT2D eigenvalue weighted by atomic mass is 10.2. The van der Waals surface area contributed by atoms with Crippen LogP contribution < -0.4 is 10.6 Å². The van der Waals surface area contributed by atoms with E-state index in [0.717, 1.165) is 6.07 Å². The number of carbonyl (C=O) groups is 2. The van der Waals surface area contributed by atoms with Crippen LogP contribution in [-0.2, 0) is 9.53 Å². The van der Waals surface area contributed by atoms with Crippen LogP contribution >= 0.6 is 11.6 Å². The Morgan fingerprint density at radius 2 is 2.00 bits per heavy atom. The van der Waals surface area contributed by atoms with Crippen molar-refractivity contribution in [1.29, 1.82) is 0 Å². The second kappa shape index (κ2) is 8.33. The number of non-ortho nitro benzene ring substituents is 1. The number of nitrogens with one attached hydrogen (secondary N) is 2. The summed E-state index contributed by atoms with van der Waals surface area (Å²) in [6, 6.07) is 3.12. The molecule has 0 saturated heterocycles. The van der Waals surface area contributed by atoms with Crippen molar-refractivity contribution in [3.05, 3.63) is 33.3 Å². The Morgan fingerprint density at radius 1 is 1.35 bits per heavy atom. The highest BCUT2D eigenvalue weighted by molar-refractivity contribution is 6.33. The van der Waals surface area contributed by atoms with Crippen LogP contribution in [0.3, 0.4) is 0 Å². The lowest BCUT2D eigenvalue weighted by Gasteiger charge is -2.15. The molecule has 0 aliphatic heterocycles. The summed E-state index contributed by atoms with van der Waals surface area (Å²) in [6.45, 7) is 5.19. The lowest BCUT2D eigenvalue weighted by molar-refractivity contribution is -0.384. The van der Waals surface area contributed by atoms with E-state index in [1.807, 2.05) is 0 Å². The van der Waals surface area contributed by atoms with Crippen LogP contribution in [0.2, 0.25) is 5.02 Å². The highest BCUT2D eigenvalue weighted by Gasteiger charge is 2.17. The largest absolute Gasteiger partial charge is 0.463 e. The zero-order valence-electron chi connectivity index (χ0n) is 13.0. The topological polar surface area (TPSA) is 111 Å². The summed E-state index contributed by atoms with van der Waals surface area (Å²) in [5.74, 6) is -0.913. The van der Waals surface area contributed by atoms with Gasteiger partial charge in [0.2, 0.25) is 0 Å². The summed E-state index contributed by atoms with van der Waals surface area (Å²) >= 11 is 5.87. The van der Waals surface area contributed by atoms with Gasteiger partial charge in [-0.15, -0.1) is 0 Å². The standard InChI is InChI=1S/C14H18ClN3O5/c1-8(2)23-13(19)9(3)7-16-14(20)17-12-5-4-10(18(21)22)6-11(12)15/h4-6,8-9H,7H2,1-3H3,(H2,16,17,20)/t9-/m0/s1. The Kier molecular flexibility index (Phi) is 6.77. The van der Waals surface area contributed by atoms with Crippen molar-refractivity contribution in [2.24, 2.45) is 5.92 Å². The SMILES string of the molecule is CC(C)OC(=O)[C@@H](C)CNC(=O)Nc1ccc([N+](=O)[O-])cc1Cl. The first kappa shape index (κ1) is 18.7. The van der Waals surface area contributed by atoms with Gasteiger partial charge in [0.1, 0.15) is 0 Å². The minimum Gasteiger partial charge on any atom is -0.463 e. The van der Waals surface area contributed by atoms with E-state index in [4.69, 9.17) is 16.3 Å². The summed E-state index contributed by atoms with van der Waals surface area (Å²) in [5.41, 5.74) is 0.0539. The molecule has 1 aromatic rings. The molecule has 9 heteroatoms. The predicted molar refractivity (Wildman–Crippen MR) is 85.5 cm³/mol. The molecular formula is C14H18ClN3O5. The number of nitrogens with zero attached hydrogens (tertiary/aromatic N) is 1. The van der Waals surface area contributed by atoms with Crippen LogP contribution in [0.25, 0.3) is 0 Å². The van der Waals surface area contributed by atoms with E-state index in [2.05, 4.69) is 10.6 Å². The number of ether oxygens (including phenoxy) is 1. The molecule has 0 spiro atoms. The fourth-order valence-electron chi connectivity index (χ4n) is 1.56. The maximum Gasteiger partial charge on any atom is 0.319 e. The van der Waals surface area contributed by atoms with E-state index in [-0.39, 0.29) is 29.0 Å². The number of urea groups is 1. The van der Waals surface area contributed by atoms with Gasteiger partial charge in [0.15, 0.2) is 0 Å². The number of anilines is 1. The van der Waals surface area contributed by atoms with E-state index in [1.165, 1.54) is 12.1 Å². The molecule has 1 aromatic carbocycles. The molecule has 2 N–H and O–H groups in total. The quantitative estimate of drug-likeness (QED) is 0.468. The first-order chi connectivity index (χ1) is 10.7. The van der Waals surface area contributed by atoms with Crippen LogP contribution in [-0.4, -0.2) is 29.6 Å². The number of amides is 2. The zero-order chi connectivity index (χ0) is 17.6. The molecule has 2 amide bonds. The smallest absolute Gasteiger partial charge is 0.319 e. The molecule has 0 aromatic heterocycles. The van der Waals surface area contributed by atoms with Crippen LogP contribution in [0, 0.1) is 16.0 Å². The van der Waals surface area contributed by atoms with Crippen molar-refractivity contribution in [2.45, 2.75) is 26.9 Å². The second-order valence-electron chi connectivity index (χ2n) is 5.14. The molecule has 0 aliphatic carbocycles. The zero-order valence-corrected chi connectivity index (χ0v) is 13.7. The predicted octanol–water partition coefficient (Wildman–Crippen LogP) is 2.96. The highest BCUT2D eigenvalue weighted by Crippen LogP contribution is 2.26. The fourth-order valence-corrected chi connectivity index (χ4v) is 1.79. The Hall–Kier alpha value is -2.35. The summed E-state index contributed by atoms with van der Waals surface area (Å²) in [5, 5.41) is 15.6. The van der Waals surface area contributed by atoms with Crippen molar-refractivity contribution in [2.75, 3.05) is 11.9 Å². The van der Waals surface area contributed by atoms with Crippen LogP contribution in [0.5, 0.6) is 0 Å². The van der Waals surface area contributed by atoms with Crippen molar-refractivity contribution < 1.29 is 19.2 Å². The van der Waals surface area contributed by atoms with Gasteiger partial charge >= 0.3 is 12.0 Å². The number of hydrogen-bond donors (Lipinski definition) is 2. The molecule has 0 radical (unpaired) electrons. The average molecular weight is 344 g/mol. The van der Waals surface area contributed by atoms with Gasteiger partial charge in [-0.2, -0.15) is 0 Å². The van der Waals surface area contributed by atoms with Crippen molar-refractivity contribution in [3.8, 4) is 0 Å². The Morgan fingerprint density at radius 3 is 2.52 bits per heavy atom. The molecule has 0 heterocycles. The summed E-state index contributed by atoms with van der Waals surface area (Å²) in [4.78, 5) is 33.4. The Labute approximate surface area is 138 Å². The Bertz CT molecular complexity index is 606. The molecule has 1 atom stereocenters. The number of hydrogen-bond acceptors (Lipinski definition) is 5. The van der Waals surface area contributed by atoms with Gasteiger partial charge in [-0.3, -0.25) is 14.9 Å². The molecule has 0 bridgehead atoms. The summed E-state index contributed by atoms with van der Waals surface area (Å²) < 4.78 is 5.02. The van der Waals surface area contributed by atoms with Gasteiger partial charge in [0.05, 0.1) is 27.7 Å². The van der Waals surface area contributed by atoms with Crippen LogP contribution in [0.15, 0.2) is 18.2 Å². The minimum atomic E-state index is -0.586. The molecule has 8 nitrogen and oxygen atoms in total. The molecule has 0 aliphatic rings. The van der Waals surface area contributed by atoms with Gasteiger partial charge in [0.25, 0.3) is 5.69 Å². The normalized spacial score (nSPS) is 11.7. The number of halogens is 1. The van der Waals surface area contributed by atoms with Crippen LogP contribution in [0.4, 0.5) is 16.2 Å². The van der Waals surface area contributed by atoms with E-state index < -0.39 is 22.8 Å². The molecule has 23 heavy (non-hydrogen) atoms. The third-order valence-electron chi connectivity index (χ3n) is 2.73. The number of nitro benzene ring substituents is 1. The fraction of sp³-hybridized carbons (Fsp3) is 0.429. The molecule has 126 valence electrons. The monoisotopic (exact) mass is 343 g/mol. The molecule has 0 fully saturated rings. The number of rotatable bonds is 6. The van der Waals surface area contributed by atoms with Gasteiger partial charge in [-0.25, -0.2) is 4.79 Å². The van der Waals surface area contributed by atoms with E-state index in [9.17, 15) is 19.7 Å². The van der Waals surface area contributed by atoms with Gasteiger partial charge in [0, 0.05) is 18.7 Å². The number of esters is 1. The average Bonchev–Trinajstić information content (AvgIpc) is 2.45. The highest BCUT2D eigenvalue weighted by atomic mass is 35.5. The van der Waals surface area contributed by atoms with Gasteiger partial charge in [-0.1, -0.05) is 18.5 Å². The maximum absolute atomic E-state index is 11.8. The van der Waals surface area contributed by atoms with E-state index >= 15 is 0 Å². The van der Waals surface area contributed by atoms with E-state index in [0.29, 0.717) is 0 Å². The van der Waals surface area contributed by atoms with Crippen molar-refractivity contribution in [1.82, 2.24) is 5.32 Å². The Balaban J connectivity index is 2.54. The number of benzene rings is 1. The first-order valence-electron chi connectivity index (χ1n) is 6.90. The summed E-state index contributed by atoms with van der Waals surface area (Å²) in [7, 11) is 0. The van der Waals surface area contributed by atoms with Gasteiger partial charge < -0.3 is 15.4 Å². The molecule has 0 unspecified atom stereocenters.